The van der Waals surface area contributed by atoms with Crippen LogP contribution >= 0.6 is 0 Å². The van der Waals surface area contributed by atoms with Crippen LogP contribution in [0.2, 0.25) is 0 Å². The SMILES string of the molecule is CCCCCCCCC.CCOC(=O)O.CCOC(=O)O.CCOC(=O)O. The van der Waals surface area contributed by atoms with Gasteiger partial charge in [0.1, 0.15) is 0 Å². The van der Waals surface area contributed by atoms with Crippen molar-refractivity contribution in [2.24, 2.45) is 0 Å². The van der Waals surface area contributed by atoms with Gasteiger partial charge in [-0.2, -0.15) is 0 Å². The molecule has 0 saturated carbocycles. The number of carbonyl (C=O) groups is 3. The first-order chi connectivity index (χ1) is 12.7. The summed E-state index contributed by atoms with van der Waals surface area (Å²) in [5, 5.41) is 23.1. The van der Waals surface area contributed by atoms with E-state index in [9.17, 15) is 14.4 Å². The monoisotopic (exact) mass is 398 g/mol. The molecule has 27 heavy (non-hydrogen) atoms. The summed E-state index contributed by atoms with van der Waals surface area (Å²) in [7, 11) is 0. The molecule has 0 aromatic carbocycles. The van der Waals surface area contributed by atoms with E-state index in [4.69, 9.17) is 15.3 Å². The van der Waals surface area contributed by atoms with Crippen LogP contribution in [0.15, 0.2) is 0 Å². The molecule has 0 aliphatic rings. The molecule has 9 nitrogen and oxygen atoms in total. The predicted molar refractivity (Wildman–Crippen MR) is 103 cm³/mol. The molecule has 0 aliphatic heterocycles. The van der Waals surface area contributed by atoms with E-state index in [1.807, 2.05) is 0 Å². The second-order valence-electron chi connectivity index (χ2n) is 4.86. The molecule has 0 radical (unpaired) electrons. The summed E-state index contributed by atoms with van der Waals surface area (Å²) >= 11 is 0. The minimum absolute atomic E-state index is 0.231. The zero-order chi connectivity index (χ0) is 21.9. The lowest BCUT2D eigenvalue weighted by atomic mass is 10.1. The maximum absolute atomic E-state index is 9.38. The van der Waals surface area contributed by atoms with Crippen LogP contribution in [-0.4, -0.2) is 53.6 Å². The standard InChI is InChI=1S/C9H20.3C3H6O3/c1-3-5-7-9-8-6-4-2;3*1-2-6-3(4)5/h3-9H2,1-2H3;3*2H2,1H3,(H,4,5). The molecule has 0 aromatic rings. The Morgan fingerprint density at radius 3 is 0.852 bits per heavy atom. The van der Waals surface area contributed by atoms with Gasteiger partial charge in [0, 0.05) is 0 Å². The lowest BCUT2D eigenvalue weighted by Crippen LogP contribution is -1.97. The Morgan fingerprint density at radius 1 is 0.519 bits per heavy atom. The van der Waals surface area contributed by atoms with Gasteiger partial charge in [0.15, 0.2) is 0 Å². The molecular formula is C18H38O9. The van der Waals surface area contributed by atoms with Gasteiger partial charge in [0.2, 0.25) is 0 Å². The van der Waals surface area contributed by atoms with Gasteiger partial charge in [0.25, 0.3) is 0 Å². The van der Waals surface area contributed by atoms with E-state index >= 15 is 0 Å². The minimum atomic E-state index is -1.21. The first-order valence-electron chi connectivity index (χ1n) is 9.30. The van der Waals surface area contributed by atoms with Gasteiger partial charge >= 0.3 is 18.5 Å². The van der Waals surface area contributed by atoms with E-state index < -0.39 is 18.5 Å². The van der Waals surface area contributed by atoms with Gasteiger partial charge in [-0.15, -0.1) is 0 Å². The van der Waals surface area contributed by atoms with E-state index in [1.165, 1.54) is 44.9 Å². The Balaban J connectivity index is -0.000000133. The van der Waals surface area contributed by atoms with Crippen LogP contribution < -0.4 is 0 Å². The molecule has 3 N–H and O–H groups in total. The fourth-order valence-electron chi connectivity index (χ4n) is 1.40. The molecule has 0 rings (SSSR count). The molecule has 0 fully saturated rings. The quantitative estimate of drug-likeness (QED) is 0.247. The summed E-state index contributed by atoms with van der Waals surface area (Å²) in [6, 6.07) is 0. The highest BCUT2D eigenvalue weighted by Gasteiger charge is 1.87. The number of hydrogen-bond donors (Lipinski definition) is 3. The zero-order valence-corrected chi connectivity index (χ0v) is 17.4. The maximum Gasteiger partial charge on any atom is 0.505 e. The van der Waals surface area contributed by atoms with Crippen LogP contribution in [0.3, 0.4) is 0 Å². The normalized spacial score (nSPS) is 8.33. The second-order valence-corrected chi connectivity index (χ2v) is 4.86. The van der Waals surface area contributed by atoms with E-state index in [2.05, 4.69) is 28.1 Å². The van der Waals surface area contributed by atoms with E-state index in [0.717, 1.165) is 0 Å². The molecule has 0 saturated heterocycles. The third-order valence-electron chi connectivity index (χ3n) is 2.51. The van der Waals surface area contributed by atoms with Crippen molar-refractivity contribution in [3.63, 3.8) is 0 Å². The molecule has 0 unspecified atom stereocenters. The smallest absolute Gasteiger partial charge is 0.450 e. The topological polar surface area (TPSA) is 140 Å². The van der Waals surface area contributed by atoms with E-state index in [0.29, 0.717) is 0 Å². The number of unbranched alkanes of at least 4 members (excludes halogenated alkanes) is 6. The maximum atomic E-state index is 9.38. The highest BCUT2D eigenvalue weighted by atomic mass is 16.7. The molecule has 0 aliphatic carbocycles. The van der Waals surface area contributed by atoms with E-state index in [-0.39, 0.29) is 19.8 Å². The van der Waals surface area contributed by atoms with Crippen molar-refractivity contribution in [2.75, 3.05) is 19.8 Å². The van der Waals surface area contributed by atoms with Crippen LogP contribution in [0.25, 0.3) is 0 Å². The van der Waals surface area contributed by atoms with Crippen LogP contribution in [-0.2, 0) is 14.2 Å². The van der Waals surface area contributed by atoms with Crippen LogP contribution in [0.5, 0.6) is 0 Å². The van der Waals surface area contributed by atoms with Gasteiger partial charge < -0.3 is 29.5 Å². The van der Waals surface area contributed by atoms with Gasteiger partial charge in [-0.3, -0.25) is 0 Å². The van der Waals surface area contributed by atoms with Crippen LogP contribution in [0, 0.1) is 0 Å². The van der Waals surface area contributed by atoms with Crippen molar-refractivity contribution in [2.45, 2.75) is 79.6 Å². The number of rotatable bonds is 9. The minimum Gasteiger partial charge on any atom is -0.450 e. The Labute approximate surface area is 162 Å². The lowest BCUT2D eigenvalue weighted by Gasteiger charge is -1.96. The first kappa shape index (κ1) is 32.5. The van der Waals surface area contributed by atoms with Gasteiger partial charge in [0.05, 0.1) is 19.8 Å². The molecule has 9 heteroatoms. The molecule has 164 valence electrons. The van der Waals surface area contributed by atoms with Crippen molar-refractivity contribution in [1.82, 2.24) is 0 Å². The summed E-state index contributed by atoms with van der Waals surface area (Å²) < 4.78 is 11.9. The zero-order valence-electron chi connectivity index (χ0n) is 17.4. The fraction of sp³-hybridized carbons (Fsp3) is 0.833. The molecule has 0 spiro atoms. The lowest BCUT2D eigenvalue weighted by molar-refractivity contribution is 0.0953. The summed E-state index contributed by atoms with van der Waals surface area (Å²) in [6.07, 6.45) is 6.34. The van der Waals surface area contributed by atoms with Gasteiger partial charge in [-0.1, -0.05) is 58.8 Å². The van der Waals surface area contributed by atoms with E-state index in [1.54, 1.807) is 20.8 Å². The Bertz CT molecular complexity index is 276. The highest BCUT2D eigenvalue weighted by Crippen LogP contribution is 2.05. The summed E-state index contributed by atoms with van der Waals surface area (Å²) in [5.41, 5.74) is 0. The first-order valence-corrected chi connectivity index (χ1v) is 9.30. The Hall–Kier alpha value is -2.19. The third kappa shape index (κ3) is 69.0. The number of hydrogen-bond acceptors (Lipinski definition) is 6. The van der Waals surface area contributed by atoms with Crippen molar-refractivity contribution in [3.05, 3.63) is 0 Å². The van der Waals surface area contributed by atoms with Crippen molar-refractivity contribution in [1.29, 1.82) is 0 Å². The van der Waals surface area contributed by atoms with Crippen LogP contribution in [0.1, 0.15) is 79.6 Å². The second kappa shape index (κ2) is 31.6. The summed E-state index contributed by atoms with van der Waals surface area (Å²) in [6.45, 7) is 10.1. The summed E-state index contributed by atoms with van der Waals surface area (Å²) in [5.74, 6) is 0. The molecule has 0 heterocycles. The van der Waals surface area contributed by atoms with Crippen molar-refractivity contribution in [3.8, 4) is 0 Å². The number of carboxylic acid groups (broad SMARTS) is 3. The Morgan fingerprint density at radius 2 is 0.741 bits per heavy atom. The molecule has 0 bridgehead atoms. The average Bonchev–Trinajstić information content (AvgIpc) is 2.56. The third-order valence-corrected chi connectivity index (χ3v) is 2.51. The fourth-order valence-corrected chi connectivity index (χ4v) is 1.40. The molecule has 0 atom stereocenters. The van der Waals surface area contributed by atoms with Gasteiger partial charge in [-0.25, -0.2) is 14.4 Å². The summed E-state index contributed by atoms with van der Waals surface area (Å²) in [4.78, 5) is 28.1. The predicted octanol–water partition coefficient (Wildman–Crippen LogP) is 5.86. The van der Waals surface area contributed by atoms with Gasteiger partial charge in [-0.05, 0) is 20.8 Å². The Kier molecular flexibility index (Phi) is 38.0. The molecular weight excluding hydrogens is 360 g/mol. The van der Waals surface area contributed by atoms with Crippen LogP contribution in [0.4, 0.5) is 14.4 Å². The molecule has 0 aromatic heterocycles. The van der Waals surface area contributed by atoms with Crippen molar-refractivity contribution >= 4 is 18.5 Å². The highest BCUT2D eigenvalue weighted by molar-refractivity contribution is 5.57. The molecule has 0 amide bonds. The average molecular weight is 398 g/mol. The van der Waals surface area contributed by atoms with Crippen molar-refractivity contribution < 1.29 is 43.9 Å². The largest absolute Gasteiger partial charge is 0.505 e. The number of ether oxygens (including phenoxy) is 3.